The molecule has 0 saturated heterocycles. The number of aromatic nitrogens is 3. The number of hydrogen-bond acceptors (Lipinski definition) is 5. The molecule has 2 N–H and O–H groups in total. The zero-order valence-electron chi connectivity index (χ0n) is 22.0. The van der Waals surface area contributed by atoms with Crippen LogP contribution >= 0.6 is 0 Å². The van der Waals surface area contributed by atoms with Crippen molar-refractivity contribution in [2.24, 2.45) is 0 Å². The highest BCUT2D eigenvalue weighted by molar-refractivity contribution is 5.83. The molecule has 1 atom stereocenters. The Morgan fingerprint density at radius 2 is 1.78 bits per heavy atom. The number of aromatic amines is 1. The zero-order valence-corrected chi connectivity index (χ0v) is 22.0. The Kier molecular flexibility index (Phi) is 6.73. The van der Waals surface area contributed by atoms with Gasteiger partial charge in [0.25, 0.3) is 11.5 Å². The van der Waals surface area contributed by atoms with Crippen LogP contribution < -0.4 is 5.56 Å². The second kappa shape index (κ2) is 10.3. The maximum atomic E-state index is 13.4. The Morgan fingerprint density at radius 1 is 1.02 bits per heavy atom. The molecule has 0 spiro atoms. The molecule has 2 aromatic heterocycles. The van der Waals surface area contributed by atoms with Crippen molar-refractivity contribution in [3.63, 3.8) is 0 Å². The molecule has 1 saturated carbocycles. The second-order valence-corrected chi connectivity index (χ2v) is 10.6. The molecule has 1 aliphatic carbocycles. The quantitative estimate of drug-likeness (QED) is 0.360. The summed E-state index contributed by atoms with van der Waals surface area (Å²) in [6.07, 6.45) is -2.20. The van der Waals surface area contributed by atoms with E-state index in [1.54, 1.807) is 18.2 Å². The second-order valence-electron chi connectivity index (χ2n) is 10.6. The van der Waals surface area contributed by atoms with Crippen molar-refractivity contribution in [1.29, 1.82) is 0 Å². The number of rotatable bonds is 5. The number of fused-ring (bicyclic) bond motifs is 1. The molecule has 2 aliphatic rings. The number of benzene rings is 2. The van der Waals surface area contributed by atoms with Gasteiger partial charge in [-0.15, -0.1) is 0 Å². The Morgan fingerprint density at radius 3 is 2.51 bits per heavy atom. The van der Waals surface area contributed by atoms with Gasteiger partial charge in [-0.2, -0.15) is 13.2 Å². The first-order valence-corrected chi connectivity index (χ1v) is 13.4. The number of carbonyl (C=O) groups excluding carboxylic acids is 1. The molecule has 6 rings (SSSR count). The summed E-state index contributed by atoms with van der Waals surface area (Å²) in [4.78, 5) is 39.4. The van der Waals surface area contributed by atoms with Crippen molar-refractivity contribution in [2.45, 2.75) is 49.9 Å². The third-order valence-corrected chi connectivity index (χ3v) is 7.95. The Bertz CT molecular complexity index is 1670. The number of halogens is 3. The van der Waals surface area contributed by atoms with Gasteiger partial charge in [0.1, 0.15) is 11.5 Å². The SMILES string of the molecule is O=C(C(O)c1cccc(-c2ccnc(C(F)(F)F)c2)c1)N1CCCc2nc(C3(c4ccccc4)CC3)[nH]c(=O)c2C1. The first-order chi connectivity index (χ1) is 19.7. The van der Waals surface area contributed by atoms with E-state index in [4.69, 9.17) is 4.98 Å². The number of aliphatic hydroxyl groups is 1. The van der Waals surface area contributed by atoms with Gasteiger partial charge in [0, 0.05) is 12.7 Å². The van der Waals surface area contributed by atoms with E-state index in [2.05, 4.69) is 9.97 Å². The lowest BCUT2D eigenvalue weighted by atomic mass is 9.94. The Labute approximate surface area is 233 Å². The van der Waals surface area contributed by atoms with E-state index in [0.29, 0.717) is 42.0 Å². The topological polar surface area (TPSA) is 99.2 Å². The van der Waals surface area contributed by atoms with Gasteiger partial charge in [-0.05, 0) is 66.1 Å². The van der Waals surface area contributed by atoms with Crippen LogP contribution in [0.5, 0.6) is 0 Å². The predicted octanol–water partition coefficient (Wildman–Crippen LogP) is 4.94. The van der Waals surface area contributed by atoms with E-state index in [9.17, 15) is 27.9 Å². The van der Waals surface area contributed by atoms with Crippen LogP contribution in [0, 0.1) is 0 Å². The number of aliphatic hydroxyl groups excluding tert-OH is 1. The summed E-state index contributed by atoms with van der Waals surface area (Å²) in [7, 11) is 0. The minimum absolute atomic E-state index is 0.00512. The Balaban J connectivity index is 1.24. The smallest absolute Gasteiger partial charge is 0.378 e. The third kappa shape index (κ3) is 5.15. The van der Waals surface area contributed by atoms with Gasteiger partial charge in [-0.3, -0.25) is 14.6 Å². The molecule has 7 nitrogen and oxygen atoms in total. The van der Waals surface area contributed by atoms with Gasteiger partial charge < -0.3 is 15.0 Å². The zero-order chi connectivity index (χ0) is 28.8. The van der Waals surface area contributed by atoms with Gasteiger partial charge in [0.05, 0.1) is 23.2 Å². The summed E-state index contributed by atoms with van der Waals surface area (Å²) < 4.78 is 39.4. The molecular weight excluding hydrogens is 533 g/mol. The van der Waals surface area contributed by atoms with Gasteiger partial charge in [-0.1, -0.05) is 48.5 Å². The molecule has 210 valence electrons. The number of pyridine rings is 1. The van der Waals surface area contributed by atoms with E-state index < -0.39 is 23.9 Å². The molecule has 1 fully saturated rings. The van der Waals surface area contributed by atoms with E-state index >= 15 is 0 Å². The molecule has 2 aromatic carbocycles. The molecule has 1 aliphatic heterocycles. The number of H-pyrrole nitrogens is 1. The first-order valence-electron chi connectivity index (χ1n) is 13.4. The summed E-state index contributed by atoms with van der Waals surface area (Å²) in [5.41, 5.74) is 1.47. The number of carbonyl (C=O) groups is 1. The van der Waals surface area contributed by atoms with E-state index in [-0.39, 0.29) is 28.6 Å². The number of hydrogen-bond donors (Lipinski definition) is 2. The standard InChI is InChI=1S/C31H27F3N4O3/c32-31(33,34)25-17-20(11-14-35-25)19-6-4-7-21(16-19)26(39)28(41)38-15-5-10-24-23(18-38)27(40)37-29(36-24)30(12-13-30)22-8-2-1-3-9-22/h1-4,6-9,11,14,16-17,26,39H,5,10,12-13,15,18H2,(H,36,37,40). The minimum Gasteiger partial charge on any atom is -0.378 e. The van der Waals surface area contributed by atoms with Crippen LogP contribution in [0.25, 0.3) is 11.1 Å². The fourth-order valence-corrected chi connectivity index (χ4v) is 5.55. The van der Waals surface area contributed by atoms with Gasteiger partial charge in [0.15, 0.2) is 6.10 Å². The lowest BCUT2D eigenvalue weighted by molar-refractivity contribution is -0.141. The van der Waals surface area contributed by atoms with Crippen LogP contribution in [0.2, 0.25) is 0 Å². The third-order valence-electron chi connectivity index (χ3n) is 7.95. The fourth-order valence-electron chi connectivity index (χ4n) is 5.55. The fraction of sp³-hybridized carbons (Fsp3) is 0.290. The summed E-state index contributed by atoms with van der Waals surface area (Å²) in [6, 6.07) is 18.5. The number of aryl methyl sites for hydroxylation is 1. The lowest BCUT2D eigenvalue weighted by Gasteiger charge is -2.24. The highest BCUT2D eigenvalue weighted by atomic mass is 19.4. The van der Waals surface area contributed by atoms with Crippen LogP contribution in [0.1, 0.15) is 59.3 Å². The summed E-state index contributed by atoms with van der Waals surface area (Å²) in [5, 5.41) is 11.0. The van der Waals surface area contributed by atoms with Crippen LogP contribution in [-0.4, -0.2) is 37.4 Å². The molecule has 3 heterocycles. The monoisotopic (exact) mass is 560 g/mol. The summed E-state index contributed by atoms with van der Waals surface area (Å²) in [5.74, 6) is 0.0565. The van der Waals surface area contributed by atoms with Crippen molar-refractivity contribution in [3.05, 3.63) is 117 Å². The maximum absolute atomic E-state index is 13.4. The van der Waals surface area contributed by atoms with Crippen molar-refractivity contribution in [3.8, 4) is 11.1 Å². The number of nitrogens with zero attached hydrogens (tertiary/aromatic N) is 3. The largest absolute Gasteiger partial charge is 0.433 e. The van der Waals surface area contributed by atoms with E-state index in [0.717, 1.165) is 30.7 Å². The van der Waals surface area contributed by atoms with Crippen LogP contribution in [0.15, 0.2) is 77.7 Å². The van der Waals surface area contributed by atoms with Crippen molar-refractivity contribution < 1.29 is 23.1 Å². The molecule has 0 radical (unpaired) electrons. The van der Waals surface area contributed by atoms with Gasteiger partial charge in [0.2, 0.25) is 0 Å². The minimum atomic E-state index is -4.60. The number of amides is 1. The highest BCUT2D eigenvalue weighted by Gasteiger charge is 2.48. The molecule has 10 heteroatoms. The molecule has 4 aromatic rings. The van der Waals surface area contributed by atoms with Gasteiger partial charge in [-0.25, -0.2) is 4.98 Å². The normalized spacial score (nSPS) is 16.9. The van der Waals surface area contributed by atoms with Gasteiger partial charge >= 0.3 is 6.18 Å². The number of nitrogens with one attached hydrogen (secondary N) is 1. The first kappa shape index (κ1) is 26.9. The van der Waals surface area contributed by atoms with Crippen molar-refractivity contribution in [2.75, 3.05) is 6.54 Å². The van der Waals surface area contributed by atoms with Crippen molar-refractivity contribution in [1.82, 2.24) is 19.9 Å². The summed E-state index contributed by atoms with van der Waals surface area (Å²) in [6.45, 7) is 0.328. The molecule has 41 heavy (non-hydrogen) atoms. The van der Waals surface area contributed by atoms with Crippen molar-refractivity contribution >= 4 is 5.91 Å². The maximum Gasteiger partial charge on any atom is 0.433 e. The van der Waals surface area contributed by atoms with E-state index in [1.807, 2.05) is 30.3 Å². The molecule has 1 unspecified atom stereocenters. The Hall–Kier alpha value is -4.31. The van der Waals surface area contributed by atoms with Crippen LogP contribution in [0.3, 0.4) is 0 Å². The molecular formula is C31H27F3N4O3. The lowest BCUT2D eigenvalue weighted by Crippen LogP contribution is -2.36. The molecule has 1 amide bonds. The summed E-state index contributed by atoms with van der Waals surface area (Å²) >= 11 is 0. The van der Waals surface area contributed by atoms with Crippen LogP contribution in [0.4, 0.5) is 13.2 Å². The molecule has 0 bridgehead atoms. The number of alkyl halides is 3. The predicted molar refractivity (Wildman–Crippen MR) is 145 cm³/mol. The average molecular weight is 561 g/mol. The average Bonchev–Trinajstić information content (AvgIpc) is 3.81. The van der Waals surface area contributed by atoms with E-state index in [1.165, 1.54) is 17.0 Å². The van der Waals surface area contributed by atoms with Crippen LogP contribution in [-0.2, 0) is 29.4 Å². The highest BCUT2D eigenvalue weighted by Crippen LogP contribution is 2.52.